The fourth-order valence-corrected chi connectivity index (χ4v) is 2.14. The fraction of sp³-hybridized carbons (Fsp3) is 0.571. The summed E-state index contributed by atoms with van der Waals surface area (Å²) in [5.41, 5.74) is -4.39. The Kier molecular flexibility index (Phi) is 4.35. The maximum absolute atomic E-state index is 13.9. The lowest BCUT2D eigenvalue weighted by atomic mass is 9.83. The van der Waals surface area contributed by atoms with Crippen LogP contribution in [0, 0.1) is 23.3 Å². The zero-order chi connectivity index (χ0) is 18.4. The van der Waals surface area contributed by atoms with Gasteiger partial charge in [-0.1, -0.05) is 26.3 Å². The van der Waals surface area contributed by atoms with Gasteiger partial charge < -0.3 is 0 Å². The van der Waals surface area contributed by atoms with Crippen LogP contribution in [0.3, 0.4) is 0 Å². The van der Waals surface area contributed by atoms with E-state index in [0.29, 0.717) is 0 Å². The third kappa shape index (κ3) is 2.80. The van der Waals surface area contributed by atoms with Gasteiger partial charge in [-0.25, -0.2) is 4.85 Å². The Morgan fingerprint density at radius 3 is 1.78 bits per heavy atom. The Balaban J connectivity index is 3.59. The molecule has 0 fully saturated rings. The molecule has 9 heteroatoms. The van der Waals surface area contributed by atoms with Crippen molar-refractivity contribution in [2.75, 3.05) is 0 Å². The first-order valence-corrected chi connectivity index (χ1v) is 6.20. The molecule has 0 atom stereocenters. The minimum atomic E-state index is -6.49. The quantitative estimate of drug-likeness (QED) is 0.498. The molecule has 0 radical (unpaired) electrons. The highest BCUT2D eigenvalue weighted by molar-refractivity contribution is 5.60. The summed E-state index contributed by atoms with van der Waals surface area (Å²) in [6.07, 6.45) is -7.48. The van der Waals surface area contributed by atoms with Gasteiger partial charge in [0, 0.05) is 5.57 Å². The highest BCUT2D eigenvalue weighted by Gasteiger charge is 2.74. The number of halogens is 7. The molecule has 2 nitrogen and oxygen atoms in total. The number of hydrogen-bond acceptors (Lipinski definition) is 1. The average Bonchev–Trinajstić information content (AvgIpc) is 2.75. The first kappa shape index (κ1) is 19.0. The van der Waals surface area contributed by atoms with Crippen molar-refractivity contribution in [1.82, 2.24) is 0 Å². The normalized spacial score (nSPS) is 17.4. The van der Waals surface area contributed by atoms with Gasteiger partial charge in [0.1, 0.15) is 0 Å². The summed E-state index contributed by atoms with van der Waals surface area (Å²) < 4.78 is 91.2. The molecule has 0 saturated heterocycles. The monoisotopic (exact) mass is 340 g/mol. The van der Waals surface area contributed by atoms with Crippen LogP contribution in [-0.2, 0) is 0 Å². The van der Waals surface area contributed by atoms with E-state index in [2.05, 4.69) is 4.85 Å². The lowest BCUT2D eigenvalue weighted by Gasteiger charge is -2.30. The van der Waals surface area contributed by atoms with Crippen LogP contribution in [0.2, 0.25) is 0 Å². The van der Waals surface area contributed by atoms with Gasteiger partial charge in [0.15, 0.2) is 0 Å². The molecular formula is C14H11F7N2. The maximum atomic E-state index is 13.9. The number of hydrogen-bond donors (Lipinski definition) is 0. The standard InChI is InChI=1S/C14H11F7N2/c1-11(2,3)9-5-8(7(6-22)10(9)23-4)12(15,16)13(17,18)14(19,20)21/h5H2,1-3H3. The molecule has 0 aromatic rings. The molecule has 0 heterocycles. The molecule has 1 rings (SSSR count). The highest BCUT2D eigenvalue weighted by atomic mass is 19.4. The van der Waals surface area contributed by atoms with Crippen LogP contribution in [-0.4, -0.2) is 18.0 Å². The summed E-state index contributed by atoms with van der Waals surface area (Å²) in [4.78, 5) is 2.89. The molecule has 1 aliphatic rings. The van der Waals surface area contributed by atoms with Crippen molar-refractivity contribution >= 4 is 0 Å². The van der Waals surface area contributed by atoms with Crippen LogP contribution in [0.4, 0.5) is 30.7 Å². The molecule has 23 heavy (non-hydrogen) atoms. The molecule has 0 bridgehead atoms. The number of nitrogens with zero attached hydrogens (tertiary/aromatic N) is 2. The summed E-state index contributed by atoms with van der Waals surface area (Å²) in [6.45, 7) is 11.4. The highest BCUT2D eigenvalue weighted by Crippen LogP contribution is 2.55. The minimum Gasteiger partial charge on any atom is -0.237 e. The lowest BCUT2D eigenvalue weighted by molar-refractivity contribution is -0.344. The molecule has 0 aromatic carbocycles. The number of allylic oxidation sites excluding steroid dienone is 3. The van der Waals surface area contributed by atoms with Crippen molar-refractivity contribution in [3.05, 3.63) is 33.8 Å². The van der Waals surface area contributed by atoms with Gasteiger partial charge in [0.25, 0.3) is 0 Å². The molecule has 126 valence electrons. The third-order valence-electron chi connectivity index (χ3n) is 3.44. The van der Waals surface area contributed by atoms with Crippen molar-refractivity contribution in [2.24, 2.45) is 5.41 Å². The minimum absolute atomic E-state index is 0.0725. The molecule has 0 spiro atoms. The number of alkyl halides is 7. The zero-order valence-electron chi connectivity index (χ0n) is 12.2. The molecule has 0 aliphatic heterocycles. The third-order valence-corrected chi connectivity index (χ3v) is 3.44. The largest absolute Gasteiger partial charge is 0.460 e. The van der Waals surface area contributed by atoms with Crippen molar-refractivity contribution in [3.63, 3.8) is 0 Å². The van der Waals surface area contributed by atoms with E-state index in [0.717, 1.165) is 0 Å². The van der Waals surface area contributed by atoms with Gasteiger partial charge in [0.2, 0.25) is 5.70 Å². The number of nitriles is 1. The molecular weight excluding hydrogens is 329 g/mol. The first-order valence-electron chi connectivity index (χ1n) is 6.20. The summed E-state index contributed by atoms with van der Waals surface area (Å²) >= 11 is 0. The molecule has 0 saturated carbocycles. The topological polar surface area (TPSA) is 28.1 Å². The van der Waals surface area contributed by atoms with Gasteiger partial charge in [-0.2, -0.15) is 36.0 Å². The van der Waals surface area contributed by atoms with Gasteiger partial charge in [0.05, 0.1) is 18.2 Å². The Labute approximate surface area is 127 Å². The van der Waals surface area contributed by atoms with E-state index in [4.69, 9.17) is 11.8 Å². The Morgan fingerprint density at radius 2 is 1.48 bits per heavy atom. The van der Waals surface area contributed by atoms with Gasteiger partial charge in [-0.15, -0.1) is 0 Å². The van der Waals surface area contributed by atoms with Crippen molar-refractivity contribution < 1.29 is 30.7 Å². The Bertz CT molecular complexity index is 661. The molecule has 1 aliphatic carbocycles. The van der Waals surface area contributed by atoms with Gasteiger partial charge >= 0.3 is 18.0 Å². The van der Waals surface area contributed by atoms with Crippen LogP contribution >= 0.6 is 0 Å². The summed E-state index contributed by atoms with van der Waals surface area (Å²) in [5.74, 6) is -12.0. The van der Waals surface area contributed by atoms with Crippen molar-refractivity contribution in [3.8, 4) is 6.07 Å². The molecule has 0 unspecified atom stereocenters. The molecule has 0 N–H and O–H groups in total. The average molecular weight is 340 g/mol. The van der Waals surface area contributed by atoms with Crippen LogP contribution < -0.4 is 0 Å². The number of rotatable bonds is 2. The fourth-order valence-electron chi connectivity index (χ4n) is 2.14. The van der Waals surface area contributed by atoms with E-state index in [-0.39, 0.29) is 5.57 Å². The summed E-state index contributed by atoms with van der Waals surface area (Å²) in [5, 5.41) is 8.91. The van der Waals surface area contributed by atoms with E-state index in [9.17, 15) is 30.7 Å². The lowest BCUT2D eigenvalue weighted by Crippen LogP contribution is -2.53. The molecule has 0 aromatic heterocycles. The Hall–Kier alpha value is -2.03. The Morgan fingerprint density at radius 1 is 1.00 bits per heavy atom. The predicted octanol–water partition coefficient (Wildman–Crippen LogP) is 5.26. The SMILES string of the molecule is [C-]#[N+]C1=C(C(C)(C)C)CC(C(F)(F)C(F)(F)C(F)(F)F)=C1C#N. The van der Waals surface area contributed by atoms with Crippen LogP contribution in [0.25, 0.3) is 4.85 Å². The van der Waals surface area contributed by atoms with Crippen molar-refractivity contribution in [2.45, 2.75) is 45.2 Å². The van der Waals surface area contributed by atoms with Crippen LogP contribution in [0.15, 0.2) is 22.4 Å². The summed E-state index contributed by atoms with van der Waals surface area (Å²) in [7, 11) is 0. The zero-order valence-corrected chi connectivity index (χ0v) is 12.2. The maximum Gasteiger partial charge on any atom is 0.460 e. The molecule has 0 amide bonds. The van der Waals surface area contributed by atoms with Crippen LogP contribution in [0.1, 0.15) is 27.2 Å². The van der Waals surface area contributed by atoms with E-state index >= 15 is 0 Å². The smallest absolute Gasteiger partial charge is 0.237 e. The van der Waals surface area contributed by atoms with E-state index in [1.54, 1.807) is 0 Å². The first-order chi connectivity index (χ1) is 10.1. The summed E-state index contributed by atoms with van der Waals surface area (Å²) in [6, 6.07) is 1.17. The van der Waals surface area contributed by atoms with E-state index < -0.39 is 46.7 Å². The van der Waals surface area contributed by atoms with E-state index in [1.165, 1.54) is 26.8 Å². The second-order valence-corrected chi connectivity index (χ2v) is 5.98. The van der Waals surface area contributed by atoms with Gasteiger partial charge in [-0.05, 0) is 11.8 Å². The van der Waals surface area contributed by atoms with Crippen molar-refractivity contribution in [1.29, 1.82) is 5.26 Å². The van der Waals surface area contributed by atoms with Crippen LogP contribution in [0.5, 0.6) is 0 Å². The van der Waals surface area contributed by atoms with Gasteiger partial charge in [-0.3, -0.25) is 0 Å². The second kappa shape index (κ2) is 5.26. The second-order valence-electron chi connectivity index (χ2n) is 5.98. The van der Waals surface area contributed by atoms with E-state index in [1.807, 2.05) is 0 Å². The predicted molar refractivity (Wildman–Crippen MR) is 66.3 cm³/mol.